The van der Waals surface area contributed by atoms with Crippen LogP contribution in [0.3, 0.4) is 0 Å². The van der Waals surface area contributed by atoms with Crippen LogP contribution < -0.4 is 10.6 Å². The third-order valence-electron chi connectivity index (χ3n) is 6.07. The van der Waals surface area contributed by atoms with Gasteiger partial charge in [-0.2, -0.15) is 26.3 Å². The lowest BCUT2D eigenvalue weighted by atomic mass is 9.91. The van der Waals surface area contributed by atoms with Gasteiger partial charge in [0, 0.05) is 35.8 Å². The molecule has 0 radical (unpaired) electrons. The maximum absolute atomic E-state index is 13.4. The van der Waals surface area contributed by atoms with Crippen LogP contribution in [0, 0.1) is 0 Å². The Balaban J connectivity index is 1.91. The first kappa shape index (κ1) is 28.6. The van der Waals surface area contributed by atoms with E-state index in [0.717, 1.165) is 12.0 Å². The van der Waals surface area contributed by atoms with Gasteiger partial charge in [0.05, 0.1) is 11.1 Å². The quantitative estimate of drug-likeness (QED) is 0.415. The number of nitrogens with one attached hydrogen (secondary N) is 2. The number of amides is 3. The molecular weight excluding hydrogens is 524 g/mol. The molecule has 2 N–H and O–H groups in total. The first-order valence-corrected chi connectivity index (χ1v) is 12.0. The summed E-state index contributed by atoms with van der Waals surface area (Å²) >= 11 is 5.94. The third-order valence-corrected chi connectivity index (χ3v) is 6.32. The van der Waals surface area contributed by atoms with Gasteiger partial charge in [0.15, 0.2) is 0 Å². The van der Waals surface area contributed by atoms with E-state index in [2.05, 4.69) is 10.6 Å². The van der Waals surface area contributed by atoms with Crippen molar-refractivity contribution >= 4 is 23.5 Å². The molecule has 1 aliphatic heterocycles. The molecule has 1 heterocycles. The Kier molecular flexibility index (Phi) is 8.99. The molecule has 202 valence electrons. The van der Waals surface area contributed by atoms with Crippen LogP contribution in [-0.4, -0.2) is 42.0 Å². The fourth-order valence-electron chi connectivity index (χ4n) is 4.25. The Morgan fingerprint density at radius 1 is 1.00 bits per heavy atom. The van der Waals surface area contributed by atoms with Gasteiger partial charge in [-0.05, 0) is 61.6 Å². The van der Waals surface area contributed by atoms with E-state index < -0.39 is 41.0 Å². The number of likely N-dealkylation sites (tertiary alicyclic amines) is 1. The van der Waals surface area contributed by atoms with Crippen molar-refractivity contribution in [3.05, 3.63) is 69.7 Å². The lowest BCUT2D eigenvalue weighted by molar-refractivity contribution is -0.143. The number of carbonyl (C=O) groups excluding carboxylic acids is 2. The summed E-state index contributed by atoms with van der Waals surface area (Å²) in [5.41, 5.74) is -3.04. The molecule has 2 aromatic carbocycles. The summed E-state index contributed by atoms with van der Waals surface area (Å²) < 4.78 is 80.1. The Labute approximate surface area is 215 Å². The molecule has 3 amide bonds. The van der Waals surface area contributed by atoms with Gasteiger partial charge in [-0.3, -0.25) is 4.79 Å². The second-order valence-corrected chi connectivity index (χ2v) is 9.34. The molecule has 2 unspecified atom stereocenters. The van der Waals surface area contributed by atoms with Gasteiger partial charge in [0.1, 0.15) is 0 Å². The topological polar surface area (TPSA) is 61.4 Å². The molecule has 12 heteroatoms. The van der Waals surface area contributed by atoms with E-state index in [1.165, 1.54) is 4.90 Å². The minimum Gasteiger partial charge on any atom is -0.338 e. The van der Waals surface area contributed by atoms with E-state index in [1.807, 2.05) is 6.92 Å². The fourth-order valence-corrected chi connectivity index (χ4v) is 4.38. The van der Waals surface area contributed by atoms with E-state index in [9.17, 15) is 35.9 Å². The fraction of sp³-hybridized carbons (Fsp3) is 0.440. The van der Waals surface area contributed by atoms with E-state index in [1.54, 1.807) is 24.3 Å². The van der Waals surface area contributed by atoms with Crippen molar-refractivity contribution in [2.75, 3.05) is 13.1 Å². The van der Waals surface area contributed by atoms with Crippen molar-refractivity contribution in [1.82, 2.24) is 15.5 Å². The van der Waals surface area contributed by atoms with Gasteiger partial charge < -0.3 is 15.5 Å². The molecule has 5 nitrogen and oxygen atoms in total. The summed E-state index contributed by atoms with van der Waals surface area (Å²) in [4.78, 5) is 26.8. The predicted molar refractivity (Wildman–Crippen MR) is 126 cm³/mol. The normalized spacial score (nSPS) is 18.4. The second-order valence-electron chi connectivity index (χ2n) is 8.90. The van der Waals surface area contributed by atoms with Gasteiger partial charge in [-0.25, -0.2) is 4.79 Å². The van der Waals surface area contributed by atoms with Crippen LogP contribution in [0.5, 0.6) is 0 Å². The number of halogens is 7. The standard InChI is InChI=1S/C25H26ClF6N3O2/c1-2-8-33-23(37)34-20-7-9-35(21(14-20)10-15-3-5-19(26)6-4-15)22(36)16-11-17(24(27,28)29)13-18(12-16)25(30,31)32/h3-6,11-13,20-21H,2,7-10,14H2,1H3,(H2,33,34,37). The first-order valence-electron chi connectivity index (χ1n) is 11.7. The van der Waals surface area contributed by atoms with E-state index >= 15 is 0 Å². The predicted octanol–water partition coefficient (Wildman–Crippen LogP) is 6.30. The number of carbonyl (C=O) groups is 2. The van der Waals surface area contributed by atoms with Gasteiger partial charge in [0.2, 0.25) is 0 Å². The van der Waals surface area contributed by atoms with Crippen molar-refractivity contribution in [1.29, 1.82) is 0 Å². The van der Waals surface area contributed by atoms with Crippen molar-refractivity contribution in [3.63, 3.8) is 0 Å². The number of urea groups is 1. The monoisotopic (exact) mass is 549 g/mol. The zero-order valence-electron chi connectivity index (χ0n) is 19.8. The minimum atomic E-state index is -5.07. The molecule has 0 spiro atoms. The van der Waals surface area contributed by atoms with Crippen molar-refractivity contribution < 1.29 is 35.9 Å². The van der Waals surface area contributed by atoms with E-state index in [0.29, 0.717) is 23.7 Å². The summed E-state index contributed by atoms with van der Waals surface area (Å²) in [6.07, 6.45) is -8.59. The van der Waals surface area contributed by atoms with Crippen LogP contribution in [-0.2, 0) is 18.8 Å². The van der Waals surface area contributed by atoms with Crippen LogP contribution in [0.1, 0.15) is 53.2 Å². The average Bonchev–Trinajstić information content (AvgIpc) is 2.82. The second kappa shape index (κ2) is 11.6. The molecule has 2 aromatic rings. The summed E-state index contributed by atoms with van der Waals surface area (Å²) in [6.45, 7) is 2.40. The highest BCUT2D eigenvalue weighted by atomic mass is 35.5. The molecular formula is C25H26ClF6N3O2. The average molecular weight is 550 g/mol. The minimum absolute atomic E-state index is 0.00690. The summed E-state index contributed by atoms with van der Waals surface area (Å²) in [5, 5.41) is 6.00. The highest BCUT2D eigenvalue weighted by Crippen LogP contribution is 2.37. The van der Waals surface area contributed by atoms with Gasteiger partial charge in [-0.15, -0.1) is 0 Å². The Hall–Kier alpha value is -2.95. The molecule has 1 aliphatic rings. The lowest BCUT2D eigenvalue weighted by Crippen LogP contribution is -2.54. The molecule has 2 atom stereocenters. The van der Waals surface area contributed by atoms with Crippen molar-refractivity contribution in [2.24, 2.45) is 0 Å². The van der Waals surface area contributed by atoms with E-state index in [-0.39, 0.29) is 43.9 Å². The zero-order valence-corrected chi connectivity index (χ0v) is 20.6. The number of alkyl halides is 6. The molecule has 3 rings (SSSR count). The van der Waals surface area contributed by atoms with Crippen LogP contribution in [0.25, 0.3) is 0 Å². The van der Waals surface area contributed by atoms with Gasteiger partial charge in [0.25, 0.3) is 5.91 Å². The van der Waals surface area contributed by atoms with Crippen LogP contribution in [0.4, 0.5) is 31.1 Å². The number of benzene rings is 2. The third kappa shape index (κ3) is 7.77. The Morgan fingerprint density at radius 2 is 1.59 bits per heavy atom. The van der Waals surface area contributed by atoms with E-state index in [4.69, 9.17) is 11.6 Å². The molecule has 0 saturated carbocycles. The molecule has 37 heavy (non-hydrogen) atoms. The summed E-state index contributed by atoms with van der Waals surface area (Å²) in [6, 6.07) is 6.29. The van der Waals surface area contributed by atoms with Crippen LogP contribution in [0.15, 0.2) is 42.5 Å². The molecule has 1 fully saturated rings. The smallest absolute Gasteiger partial charge is 0.338 e. The van der Waals surface area contributed by atoms with Gasteiger partial charge >= 0.3 is 18.4 Å². The molecule has 0 aromatic heterocycles. The number of nitrogens with zero attached hydrogens (tertiary/aromatic N) is 1. The highest BCUT2D eigenvalue weighted by Gasteiger charge is 2.39. The zero-order chi connectivity index (χ0) is 27.4. The number of piperidine rings is 1. The van der Waals surface area contributed by atoms with Crippen molar-refractivity contribution in [2.45, 2.75) is 57.0 Å². The van der Waals surface area contributed by atoms with Crippen LogP contribution in [0.2, 0.25) is 5.02 Å². The maximum Gasteiger partial charge on any atom is 0.416 e. The van der Waals surface area contributed by atoms with Crippen molar-refractivity contribution in [3.8, 4) is 0 Å². The largest absolute Gasteiger partial charge is 0.416 e. The number of hydrogen-bond acceptors (Lipinski definition) is 2. The molecule has 0 bridgehead atoms. The number of hydrogen-bond donors (Lipinski definition) is 2. The number of rotatable bonds is 6. The Morgan fingerprint density at radius 3 is 2.14 bits per heavy atom. The molecule has 1 saturated heterocycles. The summed E-state index contributed by atoms with van der Waals surface area (Å²) in [5.74, 6) is -0.940. The highest BCUT2D eigenvalue weighted by molar-refractivity contribution is 6.30. The SMILES string of the molecule is CCCNC(=O)NC1CCN(C(=O)c2cc(C(F)(F)F)cc(C(F)(F)F)c2)C(Cc2ccc(Cl)cc2)C1. The maximum atomic E-state index is 13.4. The lowest BCUT2D eigenvalue weighted by Gasteiger charge is -2.40. The van der Waals surface area contributed by atoms with Gasteiger partial charge in [-0.1, -0.05) is 30.7 Å². The van der Waals surface area contributed by atoms with Crippen LogP contribution >= 0.6 is 11.6 Å². The molecule has 0 aliphatic carbocycles. The first-order chi connectivity index (χ1) is 17.3. The Bertz CT molecular complexity index is 1070. The summed E-state index contributed by atoms with van der Waals surface area (Å²) in [7, 11) is 0.